The first-order valence-corrected chi connectivity index (χ1v) is 10.9. The Morgan fingerprint density at radius 3 is 2.49 bits per heavy atom. The highest BCUT2D eigenvalue weighted by atomic mass is 16.5. The standard InChI is InChI=1S/C23H22N6O6/c1-4-34-17-8-6-5-7-16(17)21-24-18(35-26-21)12-28-20-19(25-27-28)22(30)29(23(20)31)13-9-14(32-2)11-15(10-13)33-3/h5-11,19-20H,4,12H2,1-3H3. The van der Waals surface area contributed by atoms with E-state index in [2.05, 4.69) is 20.5 Å². The highest BCUT2D eigenvalue weighted by molar-refractivity contribution is 6.25. The molecule has 3 heterocycles. The van der Waals surface area contributed by atoms with Crippen LogP contribution in [0, 0.1) is 0 Å². The zero-order chi connectivity index (χ0) is 24.5. The van der Waals surface area contributed by atoms with E-state index in [1.807, 2.05) is 31.2 Å². The molecule has 2 aromatic carbocycles. The fourth-order valence-electron chi connectivity index (χ4n) is 4.03. The van der Waals surface area contributed by atoms with Gasteiger partial charge in [0.15, 0.2) is 12.1 Å². The second-order valence-electron chi connectivity index (χ2n) is 7.72. The number of aromatic nitrogens is 2. The van der Waals surface area contributed by atoms with Gasteiger partial charge in [0.2, 0.25) is 11.7 Å². The zero-order valence-electron chi connectivity index (χ0n) is 19.2. The van der Waals surface area contributed by atoms with Crippen molar-refractivity contribution in [1.82, 2.24) is 15.1 Å². The molecule has 1 saturated heterocycles. The Morgan fingerprint density at radius 2 is 1.77 bits per heavy atom. The Hall–Kier alpha value is -4.48. The van der Waals surface area contributed by atoms with Crippen molar-refractivity contribution in [3.63, 3.8) is 0 Å². The summed E-state index contributed by atoms with van der Waals surface area (Å²) in [5, 5.41) is 13.5. The van der Waals surface area contributed by atoms with Crippen LogP contribution < -0.4 is 19.1 Å². The van der Waals surface area contributed by atoms with Crippen molar-refractivity contribution in [3.8, 4) is 28.6 Å². The second-order valence-corrected chi connectivity index (χ2v) is 7.72. The zero-order valence-corrected chi connectivity index (χ0v) is 19.2. The minimum atomic E-state index is -0.972. The number of nitrogens with zero attached hydrogens (tertiary/aromatic N) is 6. The normalized spacial score (nSPS) is 18.8. The number of hydrogen-bond acceptors (Lipinski definition) is 11. The molecular weight excluding hydrogens is 456 g/mol. The van der Waals surface area contributed by atoms with E-state index < -0.39 is 23.9 Å². The van der Waals surface area contributed by atoms with Gasteiger partial charge in [0.1, 0.15) is 23.8 Å². The number of ether oxygens (including phenoxy) is 3. The van der Waals surface area contributed by atoms with Crippen LogP contribution in [-0.2, 0) is 16.1 Å². The van der Waals surface area contributed by atoms with Gasteiger partial charge in [-0.15, -0.1) is 0 Å². The maximum atomic E-state index is 13.3. The summed E-state index contributed by atoms with van der Waals surface area (Å²) >= 11 is 0. The molecule has 5 rings (SSSR count). The van der Waals surface area contributed by atoms with Gasteiger partial charge in [-0.1, -0.05) is 22.5 Å². The predicted molar refractivity (Wildman–Crippen MR) is 121 cm³/mol. The van der Waals surface area contributed by atoms with Crippen LogP contribution in [0.5, 0.6) is 17.2 Å². The van der Waals surface area contributed by atoms with E-state index in [4.69, 9.17) is 18.7 Å². The molecule has 2 amide bonds. The summed E-state index contributed by atoms with van der Waals surface area (Å²) in [6.45, 7) is 2.38. The smallest absolute Gasteiger partial charge is 0.263 e. The molecular formula is C23H22N6O6. The number of rotatable bonds is 8. The Labute approximate surface area is 200 Å². The van der Waals surface area contributed by atoms with Crippen molar-refractivity contribution >= 4 is 17.5 Å². The topological polar surface area (TPSA) is 132 Å². The number of anilines is 1. The first kappa shape index (κ1) is 22.3. The number of hydrogen-bond donors (Lipinski definition) is 0. The molecule has 1 fully saturated rings. The van der Waals surface area contributed by atoms with E-state index in [-0.39, 0.29) is 12.4 Å². The number of benzene rings is 2. The molecule has 0 radical (unpaired) electrons. The van der Waals surface area contributed by atoms with Crippen LogP contribution in [-0.4, -0.2) is 59.9 Å². The first-order chi connectivity index (χ1) is 17.0. The Morgan fingerprint density at radius 1 is 1.03 bits per heavy atom. The van der Waals surface area contributed by atoms with E-state index in [9.17, 15) is 9.59 Å². The minimum absolute atomic E-state index is 0.00274. The first-order valence-electron chi connectivity index (χ1n) is 10.9. The SMILES string of the molecule is CCOc1ccccc1-c1noc(CN2N=NC3C(=O)N(c4cc(OC)cc(OC)c4)C(=O)C32)n1. The summed E-state index contributed by atoms with van der Waals surface area (Å²) in [6, 6.07) is 10.3. The molecule has 12 nitrogen and oxygen atoms in total. The van der Waals surface area contributed by atoms with Gasteiger partial charge in [-0.05, 0) is 19.1 Å². The van der Waals surface area contributed by atoms with E-state index in [1.54, 1.807) is 18.2 Å². The van der Waals surface area contributed by atoms with Crippen LogP contribution in [0.15, 0.2) is 57.3 Å². The molecule has 0 bridgehead atoms. The molecule has 0 spiro atoms. The van der Waals surface area contributed by atoms with Gasteiger partial charge >= 0.3 is 0 Å². The summed E-state index contributed by atoms with van der Waals surface area (Å²) in [5.41, 5.74) is 1.00. The quantitative estimate of drug-likeness (QED) is 0.448. The van der Waals surface area contributed by atoms with Crippen LogP contribution in [0.25, 0.3) is 11.4 Å². The summed E-state index contributed by atoms with van der Waals surface area (Å²) in [4.78, 5) is 31.9. The van der Waals surface area contributed by atoms with Crippen molar-refractivity contribution in [2.24, 2.45) is 10.3 Å². The maximum Gasteiger partial charge on any atom is 0.263 e. The van der Waals surface area contributed by atoms with Crippen molar-refractivity contribution in [1.29, 1.82) is 0 Å². The Kier molecular flexibility index (Phi) is 5.77. The summed E-state index contributed by atoms with van der Waals surface area (Å²) in [6.07, 6.45) is 0. The van der Waals surface area contributed by atoms with Crippen molar-refractivity contribution in [3.05, 3.63) is 48.4 Å². The van der Waals surface area contributed by atoms with Crippen molar-refractivity contribution in [2.45, 2.75) is 25.6 Å². The van der Waals surface area contributed by atoms with Crippen molar-refractivity contribution < 1.29 is 28.3 Å². The molecule has 0 aliphatic carbocycles. The summed E-state index contributed by atoms with van der Waals surface area (Å²) in [7, 11) is 2.98. The third-order valence-electron chi connectivity index (χ3n) is 5.65. The number of methoxy groups -OCH3 is 2. The minimum Gasteiger partial charge on any atom is -0.497 e. The average Bonchev–Trinajstić information content (AvgIpc) is 3.57. The molecule has 12 heteroatoms. The van der Waals surface area contributed by atoms with Crippen LogP contribution >= 0.6 is 0 Å². The van der Waals surface area contributed by atoms with Gasteiger partial charge in [0.25, 0.3) is 11.8 Å². The molecule has 0 N–H and O–H groups in total. The van der Waals surface area contributed by atoms with Gasteiger partial charge < -0.3 is 18.7 Å². The van der Waals surface area contributed by atoms with Gasteiger partial charge in [0.05, 0.1) is 32.1 Å². The lowest BCUT2D eigenvalue weighted by atomic mass is 10.1. The monoisotopic (exact) mass is 478 g/mol. The van der Waals surface area contributed by atoms with Crippen LogP contribution in [0.4, 0.5) is 5.69 Å². The number of amides is 2. The highest BCUT2D eigenvalue weighted by Gasteiger charge is 2.55. The van der Waals surface area contributed by atoms with Gasteiger partial charge in [0, 0.05) is 18.2 Å². The second kappa shape index (κ2) is 9.05. The molecule has 0 saturated carbocycles. The fraction of sp³-hybridized carbons (Fsp3) is 0.304. The third-order valence-corrected chi connectivity index (χ3v) is 5.65. The molecule has 180 valence electrons. The van der Waals surface area contributed by atoms with Gasteiger partial charge in [-0.2, -0.15) is 10.1 Å². The van der Waals surface area contributed by atoms with Crippen LogP contribution in [0.3, 0.4) is 0 Å². The van der Waals surface area contributed by atoms with Crippen LogP contribution in [0.1, 0.15) is 12.8 Å². The van der Waals surface area contributed by atoms with Crippen molar-refractivity contribution in [2.75, 3.05) is 25.7 Å². The van der Waals surface area contributed by atoms with Crippen LogP contribution in [0.2, 0.25) is 0 Å². The molecule has 2 atom stereocenters. The fourth-order valence-corrected chi connectivity index (χ4v) is 4.03. The largest absolute Gasteiger partial charge is 0.497 e. The number of carbonyl (C=O) groups is 2. The Balaban J connectivity index is 1.37. The van der Waals surface area contributed by atoms with Gasteiger partial charge in [-0.25, -0.2) is 4.90 Å². The number of para-hydroxylation sites is 1. The lowest BCUT2D eigenvalue weighted by Crippen LogP contribution is -2.39. The highest BCUT2D eigenvalue weighted by Crippen LogP contribution is 2.36. The number of imide groups is 1. The molecule has 1 aromatic heterocycles. The lowest BCUT2D eigenvalue weighted by Gasteiger charge is -2.20. The average molecular weight is 478 g/mol. The Bertz CT molecular complexity index is 1280. The van der Waals surface area contributed by atoms with E-state index in [0.717, 1.165) is 4.90 Å². The van der Waals surface area contributed by atoms with E-state index in [1.165, 1.54) is 19.2 Å². The summed E-state index contributed by atoms with van der Waals surface area (Å²) in [5.74, 6) is 1.12. The molecule has 3 aromatic rings. The maximum absolute atomic E-state index is 13.3. The molecule has 35 heavy (non-hydrogen) atoms. The van der Waals surface area contributed by atoms with E-state index >= 15 is 0 Å². The van der Waals surface area contributed by atoms with Gasteiger partial charge in [-0.3, -0.25) is 14.6 Å². The molecule has 2 aliphatic heterocycles. The summed E-state index contributed by atoms with van der Waals surface area (Å²) < 4.78 is 21.6. The molecule has 2 unspecified atom stereocenters. The third kappa shape index (κ3) is 3.92. The van der Waals surface area contributed by atoms with E-state index in [0.29, 0.717) is 40.9 Å². The number of carbonyl (C=O) groups excluding carboxylic acids is 2. The number of fused-ring (bicyclic) bond motifs is 1. The lowest BCUT2D eigenvalue weighted by molar-refractivity contribution is -0.123. The predicted octanol–water partition coefficient (Wildman–Crippen LogP) is 2.65. The molecule has 2 aliphatic rings.